The Hall–Kier alpha value is -1.29. The van der Waals surface area contributed by atoms with E-state index in [9.17, 15) is 13.6 Å². The van der Waals surface area contributed by atoms with Gasteiger partial charge in [0.25, 0.3) is 0 Å². The molecule has 1 aromatic rings. The lowest BCUT2D eigenvalue weighted by Gasteiger charge is -2.10. The van der Waals surface area contributed by atoms with Crippen LogP contribution in [0.4, 0.5) is 8.78 Å². The molecule has 88 valence electrons. The maximum absolute atomic E-state index is 13.3. The number of ketones is 1. The molecular weight excluding hydrogens is 214 g/mol. The van der Waals surface area contributed by atoms with Crippen LogP contribution in [0.2, 0.25) is 0 Å². The number of Topliss-reactive ketones (excluding diaryl/α,β-unsaturated/α-hetero) is 1. The van der Waals surface area contributed by atoms with Crippen molar-refractivity contribution in [1.82, 2.24) is 0 Å². The highest BCUT2D eigenvalue weighted by molar-refractivity contribution is 5.97. The summed E-state index contributed by atoms with van der Waals surface area (Å²) in [6, 6.07) is 2.98. The van der Waals surface area contributed by atoms with Crippen molar-refractivity contribution in [3.8, 4) is 0 Å². The van der Waals surface area contributed by atoms with Gasteiger partial charge in [0.1, 0.15) is 11.6 Å². The Kier molecular flexibility index (Phi) is 4.55. The van der Waals surface area contributed by atoms with Gasteiger partial charge in [-0.3, -0.25) is 4.79 Å². The molecule has 0 spiro atoms. The smallest absolute Gasteiger partial charge is 0.168 e. The number of rotatable bonds is 5. The summed E-state index contributed by atoms with van der Waals surface area (Å²) in [5, 5.41) is 0. The van der Waals surface area contributed by atoms with Gasteiger partial charge in [0.2, 0.25) is 0 Å². The number of carbonyl (C=O) groups is 1. The molecule has 1 aromatic carbocycles. The summed E-state index contributed by atoms with van der Waals surface area (Å²) in [7, 11) is 1.54. The second-order valence-corrected chi connectivity index (χ2v) is 3.67. The predicted octanol–water partition coefficient (Wildman–Crippen LogP) is 2.82. The molecule has 0 N–H and O–H groups in total. The quantitative estimate of drug-likeness (QED) is 0.724. The second-order valence-electron chi connectivity index (χ2n) is 3.67. The fourth-order valence-electron chi connectivity index (χ4n) is 1.38. The van der Waals surface area contributed by atoms with Gasteiger partial charge in [-0.15, -0.1) is 0 Å². The second kappa shape index (κ2) is 5.70. The third-order valence-corrected chi connectivity index (χ3v) is 2.40. The average Bonchev–Trinajstić information content (AvgIpc) is 2.25. The molecule has 0 aliphatic carbocycles. The first-order valence-electron chi connectivity index (χ1n) is 5.04. The summed E-state index contributed by atoms with van der Waals surface area (Å²) in [5.74, 6) is -2.15. The fraction of sp³-hybridized carbons (Fsp3) is 0.417. The predicted molar refractivity (Wildman–Crippen MR) is 56.3 cm³/mol. The van der Waals surface area contributed by atoms with Crippen LogP contribution in [-0.2, 0) is 4.74 Å². The van der Waals surface area contributed by atoms with Crippen LogP contribution in [0.15, 0.2) is 18.2 Å². The van der Waals surface area contributed by atoms with Crippen molar-refractivity contribution >= 4 is 5.78 Å². The molecule has 0 saturated carbocycles. The first-order valence-corrected chi connectivity index (χ1v) is 5.04. The maximum atomic E-state index is 13.3. The van der Waals surface area contributed by atoms with Gasteiger partial charge in [-0.05, 0) is 18.6 Å². The van der Waals surface area contributed by atoms with Gasteiger partial charge in [0.05, 0.1) is 5.56 Å². The number of carbonyl (C=O) groups excluding carboxylic acids is 1. The highest BCUT2D eigenvalue weighted by atomic mass is 19.1. The van der Waals surface area contributed by atoms with Crippen molar-refractivity contribution in [3.63, 3.8) is 0 Å². The summed E-state index contributed by atoms with van der Waals surface area (Å²) >= 11 is 0. The van der Waals surface area contributed by atoms with Crippen molar-refractivity contribution in [3.05, 3.63) is 35.4 Å². The Morgan fingerprint density at radius 3 is 2.69 bits per heavy atom. The molecule has 0 aliphatic heterocycles. The number of hydrogen-bond donors (Lipinski definition) is 0. The molecule has 0 aromatic heterocycles. The van der Waals surface area contributed by atoms with Gasteiger partial charge in [0, 0.05) is 25.7 Å². The van der Waals surface area contributed by atoms with E-state index in [0.29, 0.717) is 13.0 Å². The molecule has 1 unspecified atom stereocenters. The number of hydrogen-bond acceptors (Lipinski definition) is 2. The Morgan fingerprint density at radius 1 is 1.44 bits per heavy atom. The van der Waals surface area contributed by atoms with Gasteiger partial charge >= 0.3 is 0 Å². The van der Waals surface area contributed by atoms with Crippen molar-refractivity contribution in [1.29, 1.82) is 0 Å². The first kappa shape index (κ1) is 12.8. The first-order chi connectivity index (χ1) is 7.56. The minimum atomic E-state index is -0.811. The Morgan fingerprint density at radius 2 is 2.12 bits per heavy atom. The van der Waals surface area contributed by atoms with Gasteiger partial charge in [-0.25, -0.2) is 8.78 Å². The summed E-state index contributed by atoms with van der Waals surface area (Å²) < 4.78 is 30.8. The zero-order chi connectivity index (χ0) is 12.1. The molecule has 16 heavy (non-hydrogen) atoms. The van der Waals surface area contributed by atoms with Crippen molar-refractivity contribution in [2.24, 2.45) is 5.92 Å². The summed E-state index contributed by atoms with van der Waals surface area (Å²) in [6.07, 6.45) is 0.520. The molecule has 4 heteroatoms. The van der Waals surface area contributed by atoms with E-state index in [0.717, 1.165) is 12.1 Å². The largest absolute Gasteiger partial charge is 0.385 e. The summed E-state index contributed by atoms with van der Waals surface area (Å²) in [6.45, 7) is 2.14. The molecule has 2 nitrogen and oxygen atoms in total. The van der Waals surface area contributed by atoms with Gasteiger partial charge in [-0.1, -0.05) is 6.92 Å². The van der Waals surface area contributed by atoms with E-state index < -0.39 is 11.6 Å². The van der Waals surface area contributed by atoms with Crippen LogP contribution in [0.1, 0.15) is 23.7 Å². The summed E-state index contributed by atoms with van der Waals surface area (Å²) in [4.78, 5) is 11.8. The van der Waals surface area contributed by atoms with Crippen LogP contribution in [0.25, 0.3) is 0 Å². The third-order valence-electron chi connectivity index (χ3n) is 2.40. The van der Waals surface area contributed by atoms with E-state index in [-0.39, 0.29) is 17.3 Å². The molecular formula is C12H14F2O2. The maximum Gasteiger partial charge on any atom is 0.168 e. The van der Waals surface area contributed by atoms with E-state index in [4.69, 9.17) is 4.74 Å². The lowest BCUT2D eigenvalue weighted by atomic mass is 9.96. The summed E-state index contributed by atoms with van der Waals surface area (Å²) in [5.41, 5.74) is -0.0648. The van der Waals surface area contributed by atoms with E-state index in [2.05, 4.69) is 0 Å². The fourth-order valence-corrected chi connectivity index (χ4v) is 1.38. The average molecular weight is 228 g/mol. The molecule has 0 saturated heterocycles. The van der Waals surface area contributed by atoms with Crippen LogP contribution in [0.3, 0.4) is 0 Å². The van der Waals surface area contributed by atoms with Crippen molar-refractivity contribution < 1.29 is 18.3 Å². The Labute approximate surface area is 93.2 Å². The zero-order valence-corrected chi connectivity index (χ0v) is 9.30. The van der Waals surface area contributed by atoms with E-state index >= 15 is 0 Å². The molecule has 0 aliphatic rings. The molecule has 0 amide bonds. The molecule has 0 heterocycles. The standard InChI is InChI=1S/C12H14F2O2/c1-8(5-6-16-2)12(15)10-4-3-9(13)7-11(10)14/h3-4,7-8H,5-6H2,1-2H3. The monoisotopic (exact) mass is 228 g/mol. The van der Waals surface area contributed by atoms with Crippen molar-refractivity contribution in [2.45, 2.75) is 13.3 Å². The lowest BCUT2D eigenvalue weighted by molar-refractivity contribution is 0.0889. The third kappa shape index (κ3) is 3.10. The van der Waals surface area contributed by atoms with Crippen LogP contribution < -0.4 is 0 Å². The van der Waals surface area contributed by atoms with Gasteiger partial charge < -0.3 is 4.74 Å². The highest BCUT2D eigenvalue weighted by Gasteiger charge is 2.18. The van der Waals surface area contributed by atoms with Crippen LogP contribution in [0, 0.1) is 17.6 Å². The SMILES string of the molecule is COCCC(C)C(=O)c1ccc(F)cc1F. The zero-order valence-electron chi connectivity index (χ0n) is 9.30. The number of ether oxygens (including phenoxy) is 1. The molecule has 0 fully saturated rings. The molecule has 0 bridgehead atoms. The number of halogens is 2. The number of benzene rings is 1. The van der Waals surface area contributed by atoms with Crippen LogP contribution in [-0.4, -0.2) is 19.5 Å². The normalized spacial score (nSPS) is 12.5. The van der Waals surface area contributed by atoms with Crippen LogP contribution >= 0.6 is 0 Å². The highest BCUT2D eigenvalue weighted by Crippen LogP contribution is 2.16. The molecule has 1 rings (SSSR count). The minimum Gasteiger partial charge on any atom is -0.385 e. The lowest BCUT2D eigenvalue weighted by Crippen LogP contribution is -2.15. The van der Waals surface area contributed by atoms with E-state index in [1.54, 1.807) is 6.92 Å². The van der Waals surface area contributed by atoms with E-state index in [1.165, 1.54) is 13.2 Å². The van der Waals surface area contributed by atoms with Gasteiger partial charge in [0.15, 0.2) is 5.78 Å². The van der Waals surface area contributed by atoms with E-state index in [1.807, 2.05) is 0 Å². The van der Waals surface area contributed by atoms with Crippen molar-refractivity contribution in [2.75, 3.05) is 13.7 Å². The minimum absolute atomic E-state index is 0.0648. The van der Waals surface area contributed by atoms with Crippen LogP contribution in [0.5, 0.6) is 0 Å². The van der Waals surface area contributed by atoms with Gasteiger partial charge in [-0.2, -0.15) is 0 Å². The molecule has 0 radical (unpaired) electrons. The Bertz CT molecular complexity index is 377. The number of methoxy groups -OCH3 is 1. The Balaban J connectivity index is 2.79. The topological polar surface area (TPSA) is 26.3 Å². The molecule has 1 atom stereocenters.